The van der Waals surface area contributed by atoms with E-state index in [1.807, 2.05) is 31.2 Å². The zero-order valence-electron chi connectivity index (χ0n) is 17.6. The summed E-state index contributed by atoms with van der Waals surface area (Å²) in [5.74, 6) is -0.409. The van der Waals surface area contributed by atoms with Gasteiger partial charge in [-0.05, 0) is 43.3 Å². The first-order chi connectivity index (χ1) is 14.5. The minimum absolute atomic E-state index is 0.0491. The van der Waals surface area contributed by atoms with Gasteiger partial charge in [-0.25, -0.2) is 0 Å². The van der Waals surface area contributed by atoms with Gasteiger partial charge in [0, 0.05) is 54.4 Å². The first-order valence-electron chi connectivity index (χ1n) is 10.5. The number of benzene rings is 2. The Labute approximate surface area is 177 Å². The number of carbonyl (C=O) groups excluding carboxylic acids is 2. The molecular formula is C24H28N4O2. The van der Waals surface area contributed by atoms with E-state index in [1.165, 1.54) is 10.6 Å². The molecule has 1 fully saturated rings. The largest absolute Gasteiger partial charge is 0.369 e. The maximum Gasteiger partial charge on any atom is 0.259 e. The maximum atomic E-state index is 12.7. The van der Waals surface area contributed by atoms with Crippen molar-refractivity contribution in [2.45, 2.75) is 13.8 Å². The van der Waals surface area contributed by atoms with Crippen molar-refractivity contribution < 1.29 is 9.59 Å². The van der Waals surface area contributed by atoms with Crippen molar-refractivity contribution in [3.05, 3.63) is 65.7 Å². The zero-order chi connectivity index (χ0) is 21.3. The third-order valence-electron chi connectivity index (χ3n) is 6.01. The number of aryl methyl sites for hydroxylation is 1. The molecule has 4 rings (SSSR count). The van der Waals surface area contributed by atoms with Crippen LogP contribution < -0.4 is 10.2 Å². The highest BCUT2D eigenvalue weighted by atomic mass is 16.2. The van der Waals surface area contributed by atoms with Crippen molar-refractivity contribution in [1.82, 2.24) is 9.80 Å². The number of nitrogens with zero attached hydrogens (tertiary/aromatic N) is 3. The molecule has 2 heterocycles. The van der Waals surface area contributed by atoms with Crippen LogP contribution in [0.2, 0.25) is 0 Å². The molecule has 0 saturated carbocycles. The molecule has 0 bridgehead atoms. The van der Waals surface area contributed by atoms with Gasteiger partial charge in [0.25, 0.3) is 5.91 Å². The molecule has 6 heteroatoms. The van der Waals surface area contributed by atoms with Crippen molar-refractivity contribution in [2.75, 3.05) is 49.5 Å². The molecule has 0 radical (unpaired) electrons. The Morgan fingerprint density at radius 3 is 2.40 bits per heavy atom. The summed E-state index contributed by atoms with van der Waals surface area (Å²) in [6.45, 7) is 13.4. The molecule has 30 heavy (non-hydrogen) atoms. The first-order valence-corrected chi connectivity index (χ1v) is 10.5. The summed E-state index contributed by atoms with van der Waals surface area (Å²) in [4.78, 5) is 31.5. The fourth-order valence-corrected chi connectivity index (χ4v) is 4.14. The van der Waals surface area contributed by atoms with Crippen LogP contribution in [0.25, 0.3) is 5.70 Å². The number of likely N-dealkylation sites (N-methyl/N-ethyl adjacent to an activating group) is 1. The topological polar surface area (TPSA) is 55.9 Å². The second-order valence-corrected chi connectivity index (χ2v) is 7.85. The summed E-state index contributed by atoms with van der Waals surface area (Å²) in [6.07, 6.45) is 0. The molecule has 156 valence electrons. The molecule has 0 atom stereocenters. The Morgan fingerprint density at radius 1 is 1.07 bits per heavy atom. The molecule has 2 aliphatic heterocycles. The Morgan fingerprint density at radius 2 is 1.77 bits per heavy atom. The van der Waals surface area contributed by atoms with Gasteiger partial charge in [-0.1, -0.05) is 31.7 Å². The van der Waals surface area contributed by atoms with Crippen molar-refractivity contribution in [1.29, 1.82) is 0 Å². The number of rotatable bonds is 5. The summed E-state index contributed by atoms with van der Waals surface area (Å²) in [6, 6.07) is 13.4. The summed E-state index contributed by atoms with van der Waals surface area (Å²) in [5, 5.41) is 2.95. The van der Waals surface area contributed by atoms with Gasteiger partial charge < -0.3 is 15.1 Å². The number of anilines is 2. The van der Waals surface area contributed by atoms with Gasteiger partial charge in [0.2, 0.25) is 5.91 Å². The highest BCUT2D eigenvalue weighted by Crippen LogP contribution is 2.31. The lowest BCUT2D eigenvalue weighted by Gasteiger charge is -2.35. The third kappa shape index (κ3) is 3.83. The van der Waals surface area contributed by atoms with Gasteiger partial charge in [-0.15, -0.1) is 0 Å². The third-order valence-corrected chi connectivity index (χ3v) is 6.01. The van der Waals surface area contributed by atoms with E-state index in [2.05, 4.69) is 40.8 Å². The van der Waals surface area contributed by atoms with Crippen LogP contribution in [-0.2, 0) is 4.79 Å². The van der Waals surface area contributed by atoms with E-state index >= 15 is 0 Å². The number of nitrogens with one attached hydrogen (secondary N) is 1. The van der Waals surface area contributed by atoms with Crippen LogP contribution in [0.4, 0.5) is 11.4 Å². The van der Waals surface area contributed by atoms with Crippen LogP contribution in [0.1, 0.15) is 28.4 Å². The van der Waals surface area contributed by atoms with Crippen LogP contribution in [0.15, 0.2) is 49.0 Å². The molecule has 2 aromatic carbocycles. The van der Waals surface area contributed by atoms with Crippen molar-refractivity contribution >= 4 is 28.9 Å². The summed E-state index contributed by atoms with van der Waals surface area (Å²) < 4.78 is 0. The number of piperazine rings is 1. The second kappa shape index (κ2) is 8.32. The minimum Gasteiger partial charge on any atom is -0.369 e. The zero-order valence-corrected chi connectivity index (χ0v) is 17.6. The van der Waals surface area contributed by atoms with Crippen LogP contribution in [0.3, 0.4) is 0 Å². The Hall–Kier alpha value is -3.12. The van der Waals surface area contributed by atoms with E-state index in [0.29, 0.717) is 11.3 Å². The monoisotopic (exact) mass is 404 g/mol. The van der Waals surface area contributed by atoms with E-state index < -0.39 is 0 Å². The van der Waals surface area contributed by atoms with Gasteiger partial charge in [0.05, 0.1) is 0 Å². The van der Waals surface area contributed by atoms with Crippen LogP contribution in [0, 0.1) is 6.92 Å². The molecule has 2 aromatic rings. The Bertz CT molecular complexity index is 957. The Balaban J connectivity index is 1.39. The second-order valence-electron chi connectivity index (χ2n) is 7.85. The summed E-state index contributed by atoms with van der Waals surface area (Å²) >= 11 is 0. The molecule has 6 nitrogen and oxygen atoms in total. The van der Waals surface area contributed by atoms with Gasteiger partial charge in [0.1, 0.15) is 6.54 Å². The minimum atomic E-state index is -0.232. The lowest BCUT2D eigenvalue weighted by atomic mass is 10.1. The predicted molar refractivity (Wildman–Crippen MR) is 121 cm³/mol. The van der Waals surface area contributed by atoms with Crippen LogP contribution in [0.5, 0.6) is 0 Å². The normalized spacial score (nSPS) is 16.7. The molecule has 0 unspecified atom stereocenters. The summed E-state index contributed by atoms with van der Waals surface area (Å²) in [7, 11) is 0. The smallest absolute Gasteiger partial charge is 0.259 e. The number of fused-ring (bicyclic) bond motifs is 1. The molecule has 0 aliphatic carbocycles. The predicted octanol–water partition coefficient (Wildman–Crippen LogP) is 3.20. The van der Waals surface area contributed by atoms with Crippen molar-refractivity contribution in [3.8, 4) is 0 Å². The molecule has 2 aliphatic rings. The van der Waals surface area contributed by atoms with Gasteiger partial charge in [-0.2, -0.15) is 0 Å². The standard InChI is InChI=1S/C24H28N4O2/c1-4-26-11-13-27(14-12-26)19-9-10-22(17(2)15-19)25-23(29)16-28-18(3)20-7-5-6-8-21(20)24(28)30/h5-10,15H,3-4,11-14,16H2,1-2H3,(H,25,29). The SMILES string of the molecule is C=C1c2ccccc2C(=O)N1CC(=O)Nc1ccc(N2CCN(CC)CC2)cc1C. The van der Waals surface area contributed by atoms with E-state index in [9.17, 15) is 9.59 Å². The highest BCUT2D eigenvalue weighted by Gasteiger charge is 2.31. The van der Waals surface area contributed by atoms with Gasteiger partial charge >= 0.3 is 0 Å². The van der Waals surface area contributed by atoms with Crippen LogP contribution >= 0.6 is 0 Å². The number of hydrogen-bond acceptors (Lipinski definition) is 4. The van der Waals surface area contributed by atoms with E-state index in [0.717, 1.165) is 49.5 Å². The number of carbonyl (C=O) groups is 2. The molecule has 2 amide bonds. The Kier molecular flexibility index (Phi) is 5.59. The summed E-state index contributed by atoms with van der Waals surface area (Å²) in [5.41, 5.74) is 4.92. The number of amides is 2. The molecule has 0 spiro atoms. The fourth-order valence-electron chi connectivity index (χ4n) is 4.14. The lowest BCUT2D eigenvalue weighted by molar-refractivity contribution is -0.116. The lowest BCUT2D eigenvalue weighted by Crippen LogP contribution is -2.46. The fraction of sp³-hybridized carbons (Fsp3) is 0.333. The highest BCUT2D eigenvalue weighted by molar-refractivity contribution is 6.11. The quantitative estimate of drug-likeness (QED) is 0.832. The molecule has 0 aromatic heterocycles. The first kappa shape index (κ1) is 20.2. The van der Waals surface area contributed by atoms with Gasteiger partial charge in [0.15, 0.2) is 0 Å². The number of hydrogen-bond donors (Lipinski definition) is 1. The molecule has 1 N–H and O–H groups in total. The van der Waals surface area contributed by atoms with Crippen molar-refractivity contribution in [3.63, 3.8) is 0 Å². The molecule has 1 saturated heterocycles. The van der Waals surface area contributed by atoms with E-state index in [4.69, 9.17) is 0 Å². The molecular weight excluding hydrogens is 376 g/mol. The average Bonchev–Trinajstić information content (AvgIpc) is 3.00. The van der Waals surface area contributed by atoms with Crippen LogP contribution in [-0.4, -0.2) is 60.9 Å². The maximum absolute atomic E-state index is 12.7. The van der Waals surface area contributed by atoms with E-state index in [1.54, 1.807) is 6.07 Å². The average molecular weight is 405 g/mol. The van der Waals surface area contributed by atoms with E-state index in [-0.39, 0.29) is 18.4 Å². The van der Waals surface area contributed by atoms with Crippen molar-refractivity contribution in [2.24, 2.45) is 0 Å². The van der Waals surface area contributed by atoms with Gasteiger partial charge in [-0.3, -0.25) is 14.5 Å².